The molecule has 0 saturated heterocycles. The maximum Gasteiger partial charge on any atom is 0.152 e. The molecule has 0 aliphatic rings. The first-order valence-corrected chi connectivity index (χ1v) is 6.39. The summed E-state index contributed by atoms with van der Waals surface area (Å²) < 4.78 is 0.789. The van der Waals surface area contributed by atoms with Gasteiger partial charge in [0.15, 0.2) is 6.29 Å². The quantitative estimate of drug-likeness (QED) is 0.783. The molecule has 1 aromatic heterocycles. The van der Waals surface area contributed by atoms with Crippen molar-refractivity contribution in [3.05, 3.63) is 51.2 Å². The fourth-order valence-corrected chi connectivity index (χ4v) is 2.83. The van der Waals surface area contributed by atoms with Crippen molar-refractivity contribution in [3.8, 4) is 0 Å². The van der Waals surface area contributed by atoms with E-state index in [1.165, 1.54) is 4.88 Å². The number of thiophene rings is 1. The fraction of sp³-hybridized carbons (Fsp3) is 0.154. The second-order valence-electron chi connectivity index (χ2n) is 3.74. The van der Waals surface area contributed by atoms with Crippen LogP contribution in [0, 0.1) is 0 Å². The molecule has 0 atom stereocenters. The number of hydrogen-bond donors (Lipinski definition) is 0. The zero-order valence-electron chi connectivity index (χ0n) is 9.39. The Morgan fingerprint density at radius 3 is 2.71 bits per heavy atom. The van der Waals surface area contributed by atoms with Crippen LogP contribution in [0.25, 0.3) is 0 Å². The second-order valence-corrected chi connectivity index (χ2v) is 5.54. The number of carbonyl (C=O) groups excluding carboxylic acids is 1. The van der Waals surface area contributed by atoms with Gasteiger partial charge in [0.2, 0.25) is 0 Å². The third kappa shape index (κ3) is 2.87. The summed E-state index contributed by atoms with van der Waals surface area (Å²) in [5.74, 6) is 0. The largest absolute Gasteiger partial charge is 0.369 e. The maximum absolute atomic E-state index is 10.9. The van der Waals surface area contributed by atoms with Gasteiger partial charge < -0.3 is 4.90 Å². The first kappa shape index (κ1) is 12.1. The first-order valence-electron chi connectivity index (χ1n) is 5.20. The molecule has 2 aromatic rings. The van der Waals surface area contributed by atoms with Crippen LogP contribution in [-0.2, 0) is 6.54 Å². The van der Waals surface area contributed by atoms with Crippen molar-refractivity contribution in [2.45, 2.75) is 6.54 Å². The maximum atomic E-state index is 10.9. The van der Waals surface area contributed by atoms with Crippen molar-refractivity contribution in [1.82, 2.24) is 0 Å². The van der Waals surface area contributed by atoms with Gasteiger partial charge in [0.05, 0.1) is 10.9 Å². The highest BCUT2D eigenvalue weighted by atomic mass is 35.5. The van der Waals surface area contributed by atoms with Gasteiger partial charge in [-0.15, -0.1) is 11.3 Å². The van der Waals surface area contributed by atoms with Gasteiger partial charge in [-0.3, -0.25) is 4.79 Å². The third-order valence-electron chi connectivity index (χ3n) is 2.50. The molecule has 2 nitrogen and oxygen atoms in total. The number of hydrogen-bond acceptors (Lipinski definition) is 3. The summed E-state index contributed by atoms with van der Waals surface area (Å²) in [7, 11) is 1.97. The molecule has 0 bridgehead atoms. The zero-order valence-corrected chi connectivity index (χ0v) is 11.0. The predicted molar refractivity (Wildman–Crippen MR) is 73.3 cm³/mol. The minimum atomic E-state index is 0.706. The number of carbonyl (C=O) groups is 1. The van der Waals surface area contributed by atoms with Crippen molar-refractivity contribution in [1.29, 1.82) is 0 Å². The Hall–Kier alpha value is -1.32. The van der Waals surface area contributed by atoms with E-state index in [2.05, 4.69) is 0 Å². The molecule has 0 fully saturated rings. The number of benzene rings is 1. The molecule has 0 unspecified atom stereocenters. The number of nitrogens with zero attached hydrogens (tertiary/aromatic N) is 1. The number of halogens is 1. The van der Waals surface area contributed by atoms with E-state index >= 15 is 0 Å². The van der Waals surface area contributed by atoms with E-state index < -0.39 is 0 Å². The lowest BCUT2D eigenvalue weighted by molar-refractivity contribution is 0.112. The lowest BCUT2D eigenvalue weighted by atomic mass is 10.2. The standard InChI is InChI=1S/C13H12ClNOS/c1-15(8-11-6-7-13(14)17-11)12-5-3-2-4-10(12)9-16/h2-7,9H,8H2,1H3. The SMILES string of the molecule is CN(Cc1ccc(Cl)s1)c1ccccc1C=O. The predicted octanol–water partition coefficient (Wildman–Crippen LogP) is 3.85. The lowest BCUT2D eigenvalue weighted by Gasteiger charge is -2.19. The Bertz CT molecular complexity index is 524. The van der Waals surface area contributed by atoms with E-state index in [-0.39, 0.29) is 0 Å². The molecule has 0 aliphatic heterocycles. The molecule has 0 radical (unpaired) electrons. The van der Waals surface area contributed by atoms with Crippen LogP contribution in [-0.4, -0.2) is 13.3 Å². The van der Waals surface area contributed by atoms with Gasteiger partial charge in [0, 0.05) is 23.2 Å². The molecule has 4 heteroatoms. The molecule has 0 spiro atoms. The van der Waals surface area contributed by atoms with Gasteiger partial charge in [-0.25, -0.2) is 0 Å². The van der Waals surface area contributed by atoms with E-state index in [9.17, 15) is 4.79 Å². The molecule has 1 heterocycles. The van der Waals surface area contributed by atoms with E-state index in [1.807, 2.05) is 48.3 Å². The highest BCUT2D eigenvalue weighted by Crippen LogP contribution is 2.25. The normalized spacial score (nSPS) is 10.2. The van der Waals surface area contributed by atoms with Crippen LogP contribution in [0.1, 0.15) is 15.2 Å². The summed E-state index contributed by atoms with van der Waals surface area (Å²) in [5.41, 5.74) is 1.64. The molecule has 0 aliphatic carbocycles. The Labute approximate surface area is 109 Å². The van der Waals surface area contributed by atoms with E-state index in [4.69, 9.17) is 11.6 Å². The van der Waals surface area contributed by atoms with E-state index in [0.717, 1.165) is 22.9 Å². The highest BCUT2D eigenvalue weighted by Gasteiger charge is 2.08. The number of rotatable bonds is 4. The Morgan fingerprint density at radius 1 is 1.29 bits per heavy atom. The van der Waals surface area contributed by atoms with Crippen LogP contribution >= 0.6 is 22.9 Å². The summed E-state index contributed by atoms with van der Waals surface area (Å²) in [6, 6.07) is 11.5. The van der Waals surface area contributed by atoms with Crippen molar-refractivity contribution in [2.75, 3.05) is 11.9 Å². The highest BCUT2D eigenvalue weighted by molar-refractivity contribution is 7.16. The van der Waals surface area contributed by atoms with Crippen LogP contribution in [0.2, 0.25) is 4.34 Å². The Balaban J connectivity index is 2.19. The van der Waals surface area contributed by atoms with Crippen LogP contribution in [0.5, 0.6) is 0 Å². The molecular formula is C13H12ClNOS. The minimum absolute atomic E-state index is 0.706. The minimum Gasteiger partial charge on any atom is -0.369 e. The zero-order chi connectivity index (χ0) is 12.3. The summed E-state index contributed by atoms with van der Waals surface area (Å²) in [5, 5.41) is 0. The molecule has 17 heavy (non-hydrogen) atoms. The smallest absolute Gasteiger partial charge is 0.152 e. The van der Waals surface area contributed by atoms with Gasteiger partial charge in [-0.2, -0.15) is 0 Å². The number of aldehydes is 1. The van der Waals surface area contributed by atoms with Gasteiger partial charge in [-0.1, -0.05) is 23.7 Å². The van der Waals surface area contributed by atoms with Crippen LogP contribution in [0.15, 0.2) is 36.4 Å². The first-order chi connectivity index (χ1) is 8.20. The second kappa shape index (κ2) is 5.34. The molecule has 0 N–H and O–H groups in total. The number of para-hydroxylation sites is 1. The Kier molecular flexibility index (Phi) is 3.82. The Morgan fingerprint density at radius 2 is 2.06 bits per heavy atom. The van der Waals surface area contributed by atoms with E-state index in [1.54, 1.807) is 11.3 Å². The fourth-order valence-electron chi connectivity index (χ4n) is 1.69. The summed E-state index contributed by atoms with van der Waals surface area (Å²) in [6.07, 6.45) is 0.882. The molecule has 88 valence electrons. The van der Waals surface area contributed by atoms with Crippen molar-refractivity contribution in [2.24, 2.45) is 0 Å². The summed E-state index contributed by atoms with van der Waals surface area (Å²) in [6.45, 7) is 0.752. The molecule has 0 saturated carbocycles. The van der Waals surface area contributed by atoms with Gasteiger partial charge in [-0.05, 0) is 24.3 Å². The average molecular weight is 266 g/mol. The third-order valence-corrected chi connectivity index (χ3v) is 3.71. The monoisotopic (exact) mass is 265 g/mol. The van der Waals surface area contributed by atoms with Crippen molar-refractivity contribution in [3.63, 3.8) is 0 Å². The van der Waals surface area contributed by atoms with Crippen molar-refractivity contribution < 1.29 is 4.79 Å². The van der Waals surface area contributed by atoms with Crippen molar-refractivity contribution >= 4 is 34.9 Å². The molecule has 1 aromatic carbocycles. The van der Waals surface area contributed by atoms with Gasteiger partial charge in [0.1, 0.15) is 0 Å². The van der Waals surface area contributed by atoms with E-state index in [0.29, 0.717) is 5.56 Å². The lowest BCUT2D eigenvalue weighted by Crippen LogP contribution is -2.17. The molecular weight excluding hydrogens is 254 g/mol. The van der Waals surface area contributed by atoms with Crippen LogP contribution in [0.4, 0.5) is 5.69 Å². The van der Waals surface area contributed by atoms with Crippen LogP contribution in [0.3, 0.4) is 0 Å². The van der Waals surface area contributed by atoms with Gasteiger partial charge >= 0.3 is 0 Å². The summed E-state index contributed by atoms with van der Waals surface area (Å²) in [4.78, 5) is 14.2. The summed E-state index contributed by atoms with van der Waals surface area (Å²) >= 11 is 7.45. The molecule has 0 amide bonds. The topological polar surface area (TPSA) is 20.3 Å². The molecule has 2 rings (SSSR count). The number of anilines is 1. The van der Waals surface area contributed by atoms with Gasteiger partial charge in [0.25, 0.3) is 0 Å². The van der Waals surface area contributed by atoms with Crippen LogP contribution < -0.4 is 4.90 Å². The average Bonchev–Trinajstić information content (AvgIpc) is 2.74.